The zero-order chi connectivity index (χ0) is 26.7. The summed E-state index contributed by atoms with van der Waals surface area (Å²) < 4.78 is 70.5. The third-order valence-electron chi connectivity index (χ3n) is 6.10. The lowest BCUT2D eigenvalue weighted by Crippen LogP contribution is -2.54. The summed E-state index contributed by atoms with van der Waals surface area (Å²) in [5, 5.41) is 5.73. The lowest BCUT2D eigenvalue weighted by Gasteiger charge is -2.36. The highest BCUT2D eigenvalue weighted by Gasteiger charge is 2.42. The van der Waals surface area contributed by atoms with Crippen LogP contribution >= 0.6 is 11.6 Å². The summed E-state index contributed by atoms with van der Waals surface area (Å²) in [4.78, 5) is 17.6. The lowest BCUT2D eigenvalue weighted by atomic mass is 9.80. The number of benzene rings is 2. The number of nitrogens with zero attached hydrogens (tertiary/aromatic N) is 1. The van der Waals surface area contributed by atoms with Crippen molar-refractivity contribution in [3.8, 4) is 5.75 Å². The molecule has 0 radical (unpaired) electrons. The summed E-state index contributed by atoms with van der Waals surface area (Å²) in [5.74, 6) is -3.37. The number of halogens is 6. The zero-order valence-electron chi connectivity index (χ0n) is 19.4. The van der Waals surface area contributed by atoms with E-state index in [1.807, 2.05) is 0 Å². The van der Waals surface area contributed by atoms with E-state index in [1.165, 1.54) is 24.4 Å². The van der Waals surface area contributed by atoms with Gasteiger partial charge in [-0.25, -0.2) is 13.6 Å². The number of amides is 2. The van der Waals surface area contributed by atoms with Crippen LogP contribution in [0, 0.1) is 0 Å². The number of rotatable bonds is 7. The van der Waals surface area contributed by atoms with Crippen molar-refractivity contribution in [3.63, 3.8) is 0 Å². The van der Waals surface area contributed by atoms with E-state index in [1.54, 1.807) is 36.4 Å². The average Bonchev–Trinajstić information content (AvgIpc) is 3.16. The molecule has 2 atom stereocenters. The molecule has 1 aromatic heterocycles. The van der Waals surface area contributed by atoms with Crippen LogP contribution in [0.4, 0.5) is 26.7 Å². The number of alkyl halides is 5. The Labute approximate surface area is 215 Å². The van der Waals surface area contributed by atoms with Crippen LogP contribution < -0.4 is 15.4 Å². The Hall–Kier alpha value is -3.40. The minimum atomic E-state index is -4.93. The van der Waals surface area contributed by atoms with Gasteiger partial charge in [0.15, 0.2) is 0 Å². The maximum atomic E-state index is 13.7. The predicted molar refractivity (Wildman–Crippen MR) is 128 cm³/mol. The van der Waals surface area contributed by atoms with Gasteiger partial charge in [0.25, 0.3) is 0 Å². The van der Waals surface area contributed by atoms with Crippen molar-refractivity contribution >= 4 is 17.6 Å². The van der Waals surface area contributed by atoms with Crippen molar-refractivity contribution in [3.05, 3.63) is 94.8 Å². The van der Waals surface area contributed by atoms with Gasteiger partial charge in [-0.1, -0.05) is 54.1 Å². The average molecular weight is 540 g/mol. The van der Waals surface area contributed by atoms with Crippen LogP contribution in [0.15, 0.2) is 72.9 Å². The lowest BCUT2D eigenvalue weighted by molar-refractivity contribution is -0.274. The van der Waals surface area contributed by atoms with Gasteiger partial charge < -0.3 is 15.4 Å². The van der Waals surface area contributed by atoms with E-state index in [-0.39, 0.29) is 30.5 Å². The van der Waals surface area contributed by atoms with Crippen molar-refractivity contribution in [2.75, 3.05) is 0 Å². The van der Waals surface area contributed by atoms with Gasteiger partial charge in [-0.2, -0.15) is 0 Å². The highest BCUT2D eigenvalue weighted by atomic mass is 35.5. The van der Waals surface area contributed by atoms with Crippen LogP contribution in [0.5, 0.6) is 5.75 Å². The number of urea groups is 1. The Morgan fingerprint density at radius 3 is 2.46 bits per heavy atom. The first-order valence-electron chi connectivity index (χ1n) is 11.4. The molecule has 1 heterocycles. The summed E-state index contributed by atoms with van der Waals surface area (Å²) in [6.07, 6.45) is -4.25. The molecule has 37 heavy (non-hydrogen) atoms. The summed E-state index contributed by atoms with van der Waals surface area (Å²) >= 11 is 6.03. The molecule has 2 amide bonds. The summed E-state index contributed by atoms with van der Waals surface area (Å²) in [6.45, 7) is 0. The highest BCUT2D eigenvalue weighted by Crippen LogP contribution is 2.37. The molecule has 1 fully saturated rings. The van der Waals surface area contributed by atoms with Crippen LogP contribution in [-0.4, -0.2) is 29.3 Å². The molecule has 0 saturated heterocycles. The number of nitrogens with one attached hydrogen (secondary N) is 2. The normalized spacial score (nSPS) is 18.6. The van der Waals surface area contributed by atoms with Crippen molar-refractivity contribution in [2.24, 2.45) is 0 Å². The molecule has 1 aliphatic carbocycles. The van der Waals surface area contributed by atoms with Crippen LogP contribution in [0.1, 0.15) is 36.1 Å². The van der Waals surface area contributed by atoms with E-state index in [9.17, 15) is 26.7 Å². The topological polar surface area (TPSA) is 63.2 Å². The summed E-state index contributed by atoms with van der Waals surface area (Å²) in [6, 6.07) is 15.7. The fourth-order valence-electron chi connectivity index (χ4n) is 4.50. The van der Waals surface area contributed by atoms with Gasteiger partial charge in [0, 0.05) is 31.5 Å². The smallest absolute Gasteiger partial charge is 0.406 e. The van der Waals surface area contributed by atoms with Gasteiger partial charge >= 0.3 is 12.4 Å². The molecule has 11 heteroatoms. The quantitative estimate of drug-likeness (QED) is 0.332. The van der Waals surface area contributed by atoms with Gasteiger partial charge in [-0.05, 0) is 41.8 Å². The Morgan fingerprint density at radius 1 is 1.08 bits per heavy atom. The third kappa shape index (κ3) is 6.88. The first-order valence-corrected chi connectivity index (χ1v) is 11.8. The van der Waals surface area contributed by atoms with E-state index in [0.29, 0.717) is 5.02 Å². The van der Waals surface area contributed by atoms with E-state index < -0.39 is 42.1 Å². The van der Waals surface area contributed by atoms with E-state index in [0.717, 1.165) is 17.7 Å². The second kappa shape index (κ2) is 10.5. The molecule has 1 unspecified atom stereocenters. The van der Waals surface area contributed by atoms with E-state index >= 15 is 0 Å². The molecule has 5 nitrogen and oxygen atoms in total. The highest BCUT2D eigenvalue weighted by molar-refractivity contribution is 6.30. The second-order valence-corrected chi connectivity index (χ2v) is 9.34. The van der Waals surface area contributed by atoms with Crippen LogP contribution in [0.3, 0.4) is 0 Å². The molecular weight excluding hydrogens is 517 g/mol. The van der Waals surface area contributed by atoms with Crippen molar-refractivity contribution in [1.82, 2.24) is 15.6 Å². The Kier molecular flexibility index (Phi) is 7.59. The van der Waals surface area contributed by atoms with Crippen molar-refractivity contribution in [2.45, 2.75) is 49.5 Å². The summed E-state index contributed by atoms with van der Waals surface area (Å²) in [7, 11) is 0. The molecule has 3 aromatic rings. The minimum Gasteiger partial charge on any atom is -0.406 e. The number of aromatic nitrogens is 1. The van der Waals surface area contributed by atoms with Gasteiger partial charge in [-0.3, -0.25) is 4.98 Å². The number of carbonyl (C=O) groups is 1. The van der Waals surface area contributed by atoms with Crippen LogP contribution in [0.2, 0.25) is 5.02 Å². The van der Waals surface area contributed by atoms with Crippen molar-refractivity contribution < 1.29 is 31.5 Å². The van der Waals surface area contributed by atoms with Gasteiger partial charge in [0.2, 0.25) is 5.92 Å². The SMILES string of the molecule is O=C(NC1CCC(F)(F)C1)N[C@](Cc1ccccc1)(c1cccc(OC(F)(F)F)c1)c1ccc(Cl)cn1. The Bertz CT molecular complexity index is 1220. The zero-order valence-corrected chi connectivity index (χ0v) is 20.1. The van der Waals surface area contributed by atoms with Gasteiger partial charge in [0.1, 0.15) is 11.3 Å². The molecule has 0 bridgehead atoms. The minimum absolute atomic E-state index is 0.0756. The van der Waals surface area contributed by atoms with Crippen LogP contribution in [-0.2, 0) is 12.0 Å². The largest absolute Gasteiger partial charge is 0.573 e. The fraction of sp³-hybridized carbons (Fsp3) is 0.308. The van der Waals surface area contributed by atoms with E-state index in [2.05, 4.69) is 20.4 Å². The number of hydrogen-bond acceptors (Lipinski definition) is 3. The fourth-order valence-corrected chi connectivity index (χ4v) is 4.61. The maximum Gasteiger partial charge on any atom is 0.573 e. The predicted octanol–water partition coefficient (Wildman–Crippen LogP) is 6.61. The first kappa shape index (κ1) is 26.7. The van der Waals surface area contributed by atoms with Gasteiger partial charge in [-0.15, -0.1) is 13.2 Å². The Morgan fingerprint density at radius 2 is 1.84 bits per heavy atom. The molecule has 4 rings (SSSR count). The maximum absolute atomic E-state index is 13.7. The monoisotopic (exact) mass is 539 g/mol. The molecule has 2 aromatic carbocycles. The molecule has 0 aliphatic heterocycles. The molecule has 1 saturated carbocycles. The van der Waals surface area contributed by atoms with Crippen LogP contribution in [0.25, 0.3) is 0 Å². The van der Waals surface area contributed by atoms with Gasteiger partial charge in [0.05, 0.1) is 10.7 Å². The number of carbonyl (C=O) groups excluding carboxylic acids is 1. The molecule has 196 valence electrons. The molecule has 2 N–H and O–H groups in total. The Balaban J connectivity index is 1.79. The number of hydrogen-bond donors (Lipinski definition) is 2. The summed E-state index contributed by atoms with van der Waals surface area (Å²) in [5.41, 5.74) is -0.270. The molecular formula is C26H23ClF5N3O2. The first-order chi connectivity index (χ1) is 17.4. The number of ether oxygens (including phenoxy) is 1. The number of pyridine rings is 1. The second-order valence-electron chi connectivity index (χ2n) is 8.90. The molecule has 1 aliphatic rings. The third-order valence-corrected chi connectivity index (χ3v) is 6.33. The van der Waals surface area contributed by atoms with E-state index in [4.69, 9.17) is 11.6 Å². The van der Waals surface area contributed by atoms with Crippen molar-refractivity contribution in [1.29, 1.82) is 0 Å². The molecule has 0 spiro atoms. The standard InChI is InChI=1S/C26H23ClF5N3O2/c27-19-9-10-22(33-16-19)25(14-17-5-2-1-3-6-17,18-7-4-8-21(13-18)37-26(30,31)32)35-23(36)34-20-11-12-24(28,29)15-20/h1-10,13,16,20H,11-12,14-15H2,(H2,34,35,36)/t20?,25-/m1/s1.